The number of nitrogens with zero attached hydrogens (tertiary/aromatic N) is 2. The maximum atomic E-state index is 13.0. The van der Waals surface area contributed by atoms with E-state index in [4.69, 9.17) is 11.6 Å². The normalized spacial score (nSPS) is 11.2. The minimum absolute atomic E-state index is 0.133. The summed E-state index contributed by atoms with van der Waals surface area (Å²) >= 11 is 5.87. The summed E-state index contributed by atoms with van der Waals surface area (Å²) in [5.74, 6) is -1.35. The van der Waals surface area contributed by atoms with Gasteiger partial charge in [-0.3, -0.25) is 14.3 Å². The highest BCUT2D eigenvalue weighted by Crippen LogP contribution is 2.32. The summed E-state index contributed by atoms with van der Waals surface area (Å²) in [6.07, 6.45) is -3.90. The smallest absolute Gasteiger partial charge is 0.326 e. The van der Waals surface area contributed by atoms with Crippen LogP contribution in [-0.2, 0) is 18.0 Å². The second kappa shape index (κ2) is 6.52. The molecule has 24 heavy (non-hydrogen) atoms. The highest BCUT2D eigenvalue weighted by molar-refractivity contribution is 6.31. The quantitative estimate of drug-likeness (QED) is 0.881. The lowest BCUT2D eigenvalue weighted by Gasteiger charge is -2.11. The van der Waals surface area contributed by atoms with Gasteiger partial charge >= 0.3 is 6.18 Å². The van der Waals surface area contributed by atoms with Crippen LogP contribution in [0.2, 0.25) is 5.02 Å². The van der Waals surface area contributed by atoms with Crippen LogP contribution in [0.25, 0.3) is 0 Å². The number of nitrogens with one attached hydrogen (secondary N) is 2. The van der Waals surface area contributed by atoms with E-state index in [0.717, 1.165) is 13.2 Å². The molecule has 0 spiro atoms. The molecule has 1 aromatic heterocycles. The third-order valence-corrected chi connectivity index (χ3v) is 3.15. The van der Waals surface area contributed by atoms with Gasteiger partial charge in [-0.1, -0.05) is 11.6 Å². The van der Waals surface area contributed by atoms with Gasteiger partial charge in [-0.05, 0) is 18.2 Å². The molecular weight excluding hydrogens is 349 g/mol. The number of carbonyl (C=O) groups excluding carboxylic acids is 2. The fourth-order valence-corrected chi connectivity index (χ4v) is 2.31. The molecule has 0 saturated carbocycles. The van der Waals surface area contributed by atoms with Crippen molar-refractivity contribution in [3.05, 3.63) is 40.7 Å². The SMILES string of the molecule is CC(=O)Nc1cc(Cl)cc(NC(=O)c2cnn(C)c2C(F)(F)F)c1. The molecule has 0 fully saturated rings. The zero-order valence-electron chi connectivity index (χ0n) is 12.5. The first-order valence-electron chi connectivity index (χ1n) is 6.56. The van der Waals surface area contributed by atoms with Crippen molar-refractivity contribution in [2.45, 2.75) is 13.1 Å². The largest absolute Gasteiger partial charge is 0.433 e. The number of aryl methyl sites for hydroxylation is 1. The summed E-state index contributed by atoms with van der Waals surface area (Å²) in [6, 6.07) is 4.15. The molecule has 0 atom stereocenters. The lowest BCUT2D eigenvalue weighted by atomic mass is 10.2. The van der Waals surface area contributed by atoms with E-state index in [1.165, 1.54) is 25.1 Å². The highest BCUT2D eigenvalue weighted by Gasteiger charge is 2.39. The molecule has 2 aromatic rings. The lowest BCUT2D eigenvalue weighted by Crippen LogP contribution is -2.20. The van der Waals surface area contributed by atoms with Gasteiger partial charge in [0.05, 0.1) is 11.8 Å². The average Bonchev–Trinajstić information content (AvgIpc) is 2.78. The van der Waals surface area contributed by atoms with Gasteiger partial charge in [-0.25, -0.2) is 0 Å². The summed E-state index contributed by atoms with van der Waals surface area (Å²) < 4.78 is 39.6. The van der Waals surface area contributed by atoms with E-state index in [1.54, 1.807) is 0 Å². The predicted octanol–water partition coefficient (Wildman–Crippen LogP) is 3.30. The number of hydrogen-bond acceptors (Lipinski definition) is 3. The minimum atomic E-state index is -4.73. The van der Waals surface area contributed by atoms with Gasteiger partial charge in [0.1, 0.15) is 0 Å². The van der Waals surface area contributed by atoms with Crippen molar-refractivity contribution in [1.82, 2.24) is 9.78 Å². The van der Waals surface area contributed by atoms with Crippen molar-refractivity contribution >= 4 is 34.8 Å². The van der Waals surface area contributed by atoms with Gasteiger partial charge in [-0.15, -0.1) is 0 Å². The monoisotopic (exact) mass is 360 g/mol. The Morgan fingerprint density at radius 3 is 2.29 bits per heavy atom. The summed E-state index contributed by atoms with van der Waals surface area (Å²) in [5.41, 5.74) is -1.35. The Kier molecular flexibility index (Phi) is 4.83. The van der Waals surface area contributed by atoms with Crippen molar-refractivity contribution in [2.75, 3.05) is 10.6 Å². The fraction of sp³-hybridized carbons (Fsp3) is 0.214. The molecule has 2 N–H and O–H groups in total. The van der Waals surface area contributed by atoms with Crippen LogP contribution in [0.1, 0.15) is 23.0 Å². The van der Waals surface area contributed by atoms with Crippen molar-refractivity contribution in [2.24, 2.45) is 7.05 Å². The van der Waals surface area contributed by atoms with Crippen LogP contribution in [0, 0.1) is 0 Å². The molecule has 0 aliphatic rings. The van der Waals surface area contributed by atoms with Crippen LogP contribution >= 0.6 is 11.6 Å². The zero-order valence-corrected chi connectivity index (χ0v) is 13.3. The molecule has 2 rings (SSSR count). The van der Waals surface area contributed by atoms with Crippen LogP contribution in [0.5, 0.6) is 0 Å². The van der Waals surface area contributed by atoms with Gasteiger partial charge < -0.3 is 10.6 Å². The van der Waals surface area contributed by atoms with Crippen LogP contribution in [0.3, 0.4) is 0 Å². The Hall–Kier alpha value is -2.55. The van der Waals surface area contributed by atoms with E-state index in [0.29, 0.717) is 10.4 Å². The summed E-state index contributed by atoms with van der Waals surface area (Å²) in [7, 11) is 1.09. The molecule has 128 valence electrons. The predicted molar refractivity (Wildman–Crippen MR) is 81.9 cm³/mol. The fourth-order valence-electron chi connectivity index (χ4n) is 2.08. The number of carbonyl (C=O) groups is 2. The second-order valence-electron chi connectivity index (χ2n) is 4.89. The standard InChI is InChI=1S/C14H12ClF3N4O2/c1-7(23)20-9-3-8(15)4-10(5-9)21-13(24)11-6-19-22(2)12(11)14(16,17)18/h3-6H,1-2H3,(H,20,23)(H,21,24). The molecule has 0 bridgehead atoms. The van der Waals surface area contributed by atoms with E-state index < -0.39 is 23.3 Å². The Bertz CT molecular complexity index is 802. The van der Waals surface area contributed by atoms with Crippen LogP contribution in [0.4, 0.5) is 24.5 Å². The zero-order chi connectivity index (χ0) is 18.1. The van der Waals surface area contributed by atoms with E-state index in [1.807, 2.05) is 0 Å². The number of rotatable bonds is 3. The minimum Gasteiger partial charge on any atom is -0.326 e. The molecule has 0 saturated heterocycles. The third-order valence-electron chi connectivity index (χ3n) is 2.93. The summed E-state index contributed by atoms with van der Waals surface area (Å²) in [4.78, 5) is 23.2. The number of halogens is 4. The molecule has 1 aromatic carbocycles. The summed E-state index contributed by atoms with van der Waals surface area (Å²) in [5, 5.41) is 8.44. The first-order valence-corrected chi connectivity index (χ1v) is 6.94. The highest BCUT2D eigenvalue weighted by atomic mass is 35.5. The number of anilines is 2. The van der Waals surface area contributed by atoms with E-state index >= 15 is 0 Å². The number of aromatic nitrogens is 2. The summed E-state index contributed by atoms with van der Waals surface area (Å²) in [6.45, 7) is 1.28. The topological polar surface area (TPSA) is 76.0 Å². The van der Waals surface area contributed by atoms with Gasteiger partial charge in [-0.2, -0.15) is 18.3 Å². The Labute approximate surface area is 139 Å². The molecule has 0 aliphatic heterocycles. The average molecular weight is 361 g/mol. The van der Waals surface area contributed by atoms with E-state index in [2.05, 4.69) is 15.7 Å². The molecule has 2 amide bonds. The maximum absolute atomic E-state index is 13.0. The van der Waals surface area contributed by atoms with Crippen LogP contribution in [0.15, 0.2) is 24.4 Å². The molecule has 0 radical (unpaired) electrons. The van der Waals surface area contributed by atoms with Gasteiger partial charge in [0, 0.05) is 30.4 Å². The van der Waals surface area contributed by atoms with Crippen LogP contribution < -0.4 is 10.6 Å². The van der Waals surface area contributed by atoms with E-state index in [-0.39, 0.29) is 16.6 Å². The van der Waals surface area contributed by atoms with Gasteiger partial charge in [0.15, 0.2) is 5.69 Å². The van der Waals surface area contributed by atoms with Crippen molar-refractivity contribution in [1.29, 1.82) is 0 Å². The maximum Gasteiger partial charge on any atom is 0.433 e. The lowest BCUT2D eigenvalue weighted by molar-refractivity contribution is -0.144. The Morgan fingerprint density at radius 1 is 1.17 bits per heavy atom. The molecule has 6 nitrogen and oxygen atoms in total. The van der Waals surface area contributed by atoms with Crippen LogP contribution in [-0.4, -0.2) is 21.6 Å². The Balaban J connectivity index is 2.31. The van der Waals surface area contributed by atoms with Crippen molar-refractivity contribution in [3.63, 3.8) is 0 Å². The van der Waals surface area contributed by atoms with Gasteiger partial charge in [0.25, 0.3) is 5.91 Å². The first kappa shape index (κ1) is 17.8. The van der Waals surface area contributed by atoms with Crippen molar-refractivity contribution in [3.8, 4) is 0 Å². The molecule has 0 unspecified atom stereocenters. The number of hydrogen-bond donors (Lipinski definition) is 2. The number of alkyl halides is 3. The first-order chi connectivity index (χ1) is 11.1. The van der Waals surface area contributed by atoms with E-state index in [9.17, 15) is 22.8 Å². The Morgan fingerprint density at radius 2 is 1.75 bits per heavy atom. The van der Waals surface area contributed by atoms with Gasteiger partial charge in [0.2, 0.25) is 5.91 Å². The molecule has 10 heteroatoms. The molecule has 0 aliphatic carbocycles. The molecule has 1 heterocycles. The molecular formula is C14H12ClF3N4O2. The number of benzene rings is 1. The number of amides is 2. The second-order valence-corrected chi connectivity index (χ2v) is 5.33. The third kappa shape index (κ3) is 4.05. The van der Waals surface area contributed by atoms with Crippen molar-refractivity contribution < 1.29 is 22.8 Å².